The van der Waals surface area contributed by atoms with Crippen LogP contribution in [0, 0.1) is 11.8 Å². The first-order valence-corrected chi connectivity index (χ1v) is 7.07. The van der Waals surface area contributed by atoms with Crippen LogP contribution in [0.25, 0.3) is 0 Å². The summed E-state index contributed by atoms with van der Waals surface area (Å²) in [6, 6.07) is 0.841. The Morgan fingerprint density at radius 3 is 2.38 bits per heavy atom. The van der Waals surface area contributed by atoms with Crippen molar-refractivity contribution in [2.75, 3.05) is 20.1 Å². The molecule has 0 saturated heterocycles. The molecule has 0 aliphatic heterocycles. The SMILES string of the molecule is CCC1CCC(N(C)CCC(C)CN)CC1. The van der Waals surface area contributed by atoms with Gasteiger partial charge in [-0.05, 0) is 64.1 Å². The highest BCUT2D eigenvalue weighted by atomic mass is 15.1. The normalized spacial score (nSPS) is 28.3. The molecule has 0 heterocycles. The number of rotatable bonds is 6. The Hall–Kier alpha value is -0.0800. The molecule has 0 spiro atoms. The van der Waals surface area contributed by atoms with Crippen LogP contribution in [0.1, 0.15) is 52.4 Å². The van der Waals surface area contributed by atoms with Crippen molar-refractivity contribution >= 4 is 0 Å². The zero-order chi connectivity index (χ0) is 12.0. The van der Waals surface area contributed by atoms with Crippen molar-refractivity contribution in [3.8, 4) is 0 Å². The van der Waals surface area contributed by atoms with Gasteiger partial charge in [-0.3, -0.25) is 0 Å². The van der Waals surface area contributed by atoms with Crippen molar-refractivity contribution in [2.45, 2.75) is 58.4 Å². The van der Waals surface area contributed by atoms with Crippen molar-refractivity contribution in [3.63, 3.8) is 0 Å². The first kappa shape index (κ1) is 14.0. The van der Waals surface area contributed by atoms with Crippen LogP contribution in [0.4, 0.5) is 0 Å². The second kappa shape index (κ2) is 7.29. The van der Waals surface area contributed by atoms with Crippen LogP contribution in [0.2, 0.25) is 0 Å². The second-order valence-electron chi connectivity index (χ2n) is 5.69. The maximum Gasteiger partial charge on any atom is 0.00924 e. The van der Waals surface area contributed by atoms with Crippen molar-refractivity contribution in [2.24, 2.45) is 17.6 Å². The summed E-state index contributed by atoms with van der Waals surface area (Å²) in [7, 11) is 2.29. The Morgan fingerprint density at radius 1 is 1.25 bits per heavy atom. The fourth-order valence-corrected chi connectivity index (χ4v) is 2.72. The van der Waals surface area contributed by atoms with Gasteiger partial charge < -0.3 is 10.6 Å². The third-order valence-electron chi connectivity index (χ3n) is 4.39. The van der Waals surface area contributed by atoms with E-state index in [4.69, 9.17) is 5.73 Å². The first-order chi connectivity index (χ1) is 7.67. The predicted molar refractivity (Wildman–Crippen MR) is 71.5 cm³/mol. The Kier molecular flexibility index (Phi) is 6.37. The minimum atomic E-state index is 0.675. The molecule has 1 aliphatic rings. The molecule has 16 heavy (non-hydrogen) atoms. The van der Waals surface area contributed by atoms with Gasteiger partial charge in [0.2, 0.25) is 0 Å². The lowest BCUT2D eigenvalue weighted by atomic mass is 9.84. The van der Waals surface area contributed by atoms with Gasteiger partial charge >= 0.3 is 0 Å². The average Bonchev–Trinajstić information content (AvgIpc) is 2.35. The molecule has 1 atom stereocenters. The molecule has 1 rings (SSSR count). The fraction of sp³-hybridized carbons (Fsp3) is 1.00. The summed E-state index contributed by atoms with van der Waals surface area (Å²) in [6.07, 6.45) is 8.33. The molecule has 2 N–H and O–H groups in total. The molecule has 0 aromatic rings. The summed E-state index contributed by atoms with van der Waals surface area (Å²) < 4.78 is 0. The monoisotopic (exact) mass is 226 g/mol. The number of nitrogens with two attached hydrogens (primary N) is 1. The largest absolute Gasteiger partial charge is 0.330 e. The molecule has 0 radical (unpaired) electrons. The smallest absolute Gasteiger partial charge is 0.00924 e. The quantitative estimate of drug-likeness (QED) is 0.754. The van der Waals surface area contributed by atoms with Gasteiger partial charge in [-0.1, -0.05) is 20.3 Å². The van der Waals surface area contributed by atoms with Crippen LogP contribution < -0.4 is 5.73 Å². The molecular formula is C14H30N2. The van der Waals surface area contributed by atoms with E-state index < -0.39 is 0 Å². The Labute approximate surface area is 102 Å². The van der Waals surface area contributed by atoms with Gasteiger partial charge in [0.25, 0.3) is 0 Å². The molecule has 0 aromatic heterocycles. The highest BCUT2D eigenvalue weighted by molar-refractivity contribution is 4.77. The standard InChI is InChI=1S/C14H30N2/c1-4-13-5-7-14(8-6-13)16(3)10-9-12(2)11-15/h12-14H,4-11,15H2,1-3H3. The van der Waals surface area contributed by atoms with Crippen molar-refractivity contribution in [1.82, 2.24) is 4.90 Å². The highest BCUT2D eigenvalue weighted by Crippen LogP contribution is 2.29. The maximum atomic E-state index is 5.65. The van der Waals surface area contributed by atoms with Gasteiger partial charge in [0.15, 0.2) is 0 Å². The minimum Gasteiger partial charge on any atom is -0.330 e. The van der Waals surface area contributed by atoms with Crippen LogP contribution >= 0.6 is 0 Å². The van der Waals surface area contributed by atoms with Gasteiger partial charge in [0.05, 0.1) is 0 Å². The van der Waals surface area contributed by atoms with Crippen LogP contribution in [-0.2, 0) is 0 Å². The van der Waals surface area contributed by atoms with Gasteiger partial charge in [0.1, 0.15) is 0 Å². The number of hydrogen-bond acceptors (Lipinski definition) is 2. The molecule has 1 fully saturated rings. The molecule has 0 bridgehead atoms. The topological polar surface area (TPSA) is 29.3 Å². The fourth-order valence-electron chi connectivity index (χ4n) is 2.72. The molecule has 96 valence electrons. The van der Waals surface area contributed by atoms with E-state index >= 15 is 0 Å². The third-order valence-corrected chi connectivity index (χ3v) is 4.39. The lowest BCUT2D eigenvalue weighted by Gasteiger charge is -2.34. The summed E-state index contributed by atoms with van der Waals surface area (Å²) >= 11 is 0. The van der Waals surface area contributed by atoms with Gasteiger partial charge in [-0.15, -0.1) is 0 Å². The van der Waals surface area contributed by atoms with E-state index in [9.17, 15) is 0 Å². The molecule has 2 nitrogen and oxygen atoms in total. The van der Waals surface area contributed by atoms with E-state index in [1.165, 1.54) is 45.1 Å². The van der Waals surface area contributed by atoms with Crippen LogP contribution in [0.3, 0.4) is 0 Å². The molecule has 2 heteroatoms. The molecule has 0 aromatic carbocycles. The maximum absolute atomic E-state index is 5.65. The molecule has 1 unspecified atom stereocenters. The molecule has 1 saturated carbocycles. The first-order valence-electron chi connectivity index (χ1n) is 7.07. The molecule has 1 aliphatic carbocycles. The summed E-state index contributed by atoms with van der Waals surface area (Å²) in [5.74, 6) is 1.68. The van der Waals surface area contributed by atoms with Crippen LogP contribution in [0.5, 0.6) is 0 Å². The summed E-state index contributed by atoms with van der Waals surface area (Å²) in [4.78, 5) is 2.57. The number of hydrogen-bond donors (Lipinski definition) is 1. The predicted octanol–water partition coefficient (Wildman–Crippen LogP) is 2.87. The van der Waals surface area contributed by atoms with Crippen molar-refractivity contribution in [3.05, 3.63) is 0 Å². The zero-order valence-corrected chi connectivity index (χ0v) is 11.4. The van der Waals surface area contributed by atoms with Gasteiger partial charge in [-0.2, -0.15) is 0 Å². The number of nitrogens with zero attached hydrogens (tertiary/aromatic N) is 1. The Morgan fingerprint density at radius 2 is 1.88 bits per heavy atom. The highest BCUT2D eigenvalue weighted by Gasteiger charge is 2.22. The molecular weight excluding hydrogens is 196 g/mol. The van der Waals surface area contributed by atoms with E-state index in [0.717, 1.165) is 18.5 Å². The van der Waals surface area contributed by atoms with E-state index in [-0.39, 0.29) is 0 Å². The lowest BCUT2D eigenvalue weighted by molar-refractivity contribution is 0.157. The van der Waals surface area contributed by atoms with E-state index in [1.807, 2.05) is 0 Å². The van der Waals surface area contributed by atoms with Gasteiger partial charge in [-0.25, -0.2) is 0 Å². The van der Waals surface area contributed by atoms with Crippen molar-refractivity contribution < 1.29 is 0 Å². The third kappa shape index (κ3) is 4.42. The average molecular weight is 226 g/mol. The zero-order valence-electron chi connectivity index (χ0n) is 11.4. The van der Waals surface area contributed by atoms with E-state index in [2.05, 4.69) is 25.8 Å². The van der Waals surface area contributed by atoms with E-state index in [1.54, 1.807) is 0 Å². The molecule has 0 amide bonds. The minimum absolute atomic E-state index is 0.675. The van der Waals surface area contributed by atoms with Crippen molar-refractivity contribution in [1.29, 1.82) is 0 Å². The van der Waals surface area contributed by atoms with Gasteiger partial charge in [0, 0.05) is 6.04 Å². The Bertz CT molecular complexity index is 174. The summed E-state index contributed by atoms with van der Waals surface area (Å²) in [5.41, 5.74) is 5.65. The summed E-state index contributed by atoms with van der Waals surface area (Å²) in [6.45, 7) is 6.63. The van der Waals surface area contributed by atoms with Crippen LogP contribution in [0.15, 0.2) is 0 Å². The summed E-state index contributed by atoms with van der Waals surface area (Å²) in [5, 5.41) is 0. The second-order valence-corrected chi connectivity index (χ2v) is 5.69. The van der Waals surface area contributed by atoms with Crippen LogP contribution in [-0.4, -0.2) is 31.1 Å². The Balaban J connectivity index is 2.20. The van der Waals surface area contributed by atoms with E-state index in [0.29, 0.717) is 5.92 Å². The lowest BCUT2D eigenvalue weighted by Crippen LogP contribution is -2.36.